The van der Waals surface area contributed by atoms with Gasteiger partial charge in [0, 0.05) is 17.6 Å². The molecule has 0 aliphatic heterocycles. The standard InChI is InChI=1S/C24H17Cl2F3N8O2/c1-36-20-18(26)10-15(25)11-19(20)37(23(36)30-16-6-8-17(9-7-16)39-24(27,28)29)12-13-2-4-14(5-3-13)21(38)31-22-32-34-35-33-22/h2-11H,12H2,1H3,(H2,31,32,33,34,35,38)/b30-23+. The number of alkyl halides is 3. The molecule has 5 rings (SSSR count). The molecule has 0 bridgehead atoms. The zero-order chi connectivity index (χ0) is 27.7. The molecule has 1 amide bonds. The van der Waals surface area contributed by atoms with Crippen molar-refractivity contribution in [3.05, 3.63) is 87.5 Å². The molecule has 0 fully saturated rings. The van der Waals surface area contributed by atoms with Gasteiger partial charge in [0.1, 0.15) is 5.75 Å². The van der Waals surface area contributed by atoms with Gasteiger partial charge in [-0.3, -0.25) is 10.1 Å². The number of tetrazole rings is 1. The van der Waals surface area contributed by atoms with Crippen LogP contribution < -0.4 is 15.7 Å². The summed E-state index contributed by atoms with van der Waals surface area (Å²) in [6.07, 6.45) is -4.79. The zero-order valence-electron chi connectivity index (χ0n) is 19.9. The van der Waals surface area contributed by atoms with Crippen LogP contribution in [0.4, 0.5) is 24.8 Å². The van der Waals surface area contributed by atoms with Crippen molar-refractivity contribution in [3.63, 3.8) is 0 Å². The number of imidazole rings is 1. The number of ether oxygens (including phenoxy) is 1. The Morgan fingerprint density at radius 3 is 2.46 bits per heavy atom. The van der Waals surface area contributed by atoms with Gasteiger partial charge < -0.3 is 13.9 Å². The van der Waals surface area contributed by atoms with Crippen LogP contribution in [-0.2, 0) is 13.6 Å². The van der Waals surface area contributed by atoms with Crippen molar-refractivity contribution in [2.24, 2.45) is 12.0 Å². The van der Waals surface area contributed by atoms with E-state index in [2.05, 4.69) is 35.7 Å². The zero-order valence-corrected chi connectivity index (χ0v) is 21.4. The predicted octanol–water partition coefficient (Wildman–Crippen LogP) is 5.23. The maximum absolute atomic E-state index is 12.5. The molecule has 5 aromatic rings. The van der Waals surface area contributed by atoms with E-state index < -0.39 is 12.3 Å². The van der Waals surface area contributed by atoms with Gasteiger partial charge in [-0.2, -0.15) is 0 Å². The minimum atomic E-state index is -4.79. The lowest BCUT2D eigenvalue weighted by Gasteiger charge is -2.09. The number of aromatic amines is 1. The minimum absolute atomic E-state index is 0.119. The van der Waals surface area contributed by atoms with E-state index in [9.17, 15) is 18.0 Å². The Bertz CT molecular complexity index is 1710. The lowest BCUT2D eigenvalue weighted by molar-refractivity contribution is -0.274. The highest BCUT2D eigenvalue weighted by Crippen LogP contribution is 2.29. The molecule has 2 N–H and O–H groups in total. The second kappa shape index (κ2) is 10.4. The monoisotopic (exact) mass is 576 g/mol. The quantitative estimate of drug-likeness (QED) is 0.287. The first-order valence-electron chi connectivity index (χ1n) is 11.2. The summed E-state index contributed by atoms with van der Waals surface area (Å²) >= 11 is 12.8. The lowest BCUT2D eigenvalue weighted by Crippen LogP contribution is -2.24. The van der Waals surface area contributed by atoms with Crippen LogP contribution in [0.1, 0.15) is 15.9 Å². The topological polar surface area (TPSA) is 115 Å². The molecule has 0 saturated carbocycles. The van der Waals surface area contributed by atoms with Gasteiger partial charge in [0.25, 0.3) is 5.91 Å². The molecule has 0 radical (unpaired) electrons. The van der Waals surface area contributed by atoms with Crippen molar-refractivity contribution in [1.29, 1.82) is 0 Å². The number of fused-ring (bicyclic) bond motifs is 1. The fraction of sp³-hybridized carbons (Fsp3) is 0.125. The summed E-state index contributed by atoms with van der Waals surface area (Å²) in [7, 11) is 1.77. The Balaban J connectivity index is 1.52. The molecular weight excluding hydrogens is 560 g/mol. The number of aromatic nitrogens is 6. The molecular formula is C24H17Cl2F3N8O2. The summed E-state index contributed by atoms with van der Waals surface area (Å²) in [5.41, 5.74) is 3.40. The van der Waals surface area contributed by atoms with Crippen LogP contribution in [0.15, 0.2) is 65.7 Å². The Morgan fingerprint density at radius 1 is 1.10 bits per heavy atom. The third-order valence-corrected chi connectivity index (χ3v) is 6.12. The smallest absolute Gasteiger partial charge is 0.406 e. The molecule has 0 unspecified atom stereocenters. The van der Waals surface area contributed by atoms with E-state index in [4.69, 9.17) is 23.2 Å². The number of halogens is 5. The average Bonchev–Trinajstić information content (AvgIpc) is 3.47. The van der Waals surface area contributed by atoms with Crippen LogP contribution in [0.25, 0.3) is 11.0 Å². The van der Waals surface area contributed by atoms with E-state index >= 15 is 0 Å². The molecule has 3 aromatic carbocycles. The fourth-order valence-electron chi connectivity index (χ4n) is 3.94. The first kappa shape index (κ1) is 26.3. The highest BCUT2D eigenvalue weighted by atomic mass is 35.5. The molecule has 39 heavy (non-hydrogen) atoms. The Labute approximate surface area is 227 Å². The number of hydrogen-bond acceptors (Lipinski definition) is 6. The Kier molecular flexibility index (Phi) is 7.02. The van der Waals surface area contributed by atoms with Gasteiger partial charge in [0.05, 0.1) is 28.3 Å². The summed E-state index contributed by atoms with van der Waals surface area (Å²) in [6, 6.07) is 15.4. The highest BCUT2D eigenvalue weighted by molar-refractivity contribution is 6.38. The number of benzene rings is 3. The molecule has 2 heterocycles. The number of nitrogens with zero attached hydrogens (tertiary/aromatic N) is 6. The van der Waals surface area contributed by atoms with Crippen molar-refractivity contribution < 1.29 is 22.7 Å². The van der Waals surface area contributed by atoms with Crippen molar-refractivity contribution in [1.82, 2.24) is 29.8 Å². The number of aryl methyl sites for hydroxylation is 1. The van der Waals surface area contributed by atoms with Gasteiger partial charge in [0.2, 0.25) is 11.6 Å². The summed E-state index contributed by atoms with van der Waals surface area (Å²) in [5.74, 6) is -0.636. The van der Waals surface area contributed by atoms with Crippen LogP contribution in [0.3, 0.4) is 0 Å². The van der Waals surface area contributed by atoms with Crippen LogP contribution in [-0.4, -0.2) is 42.0 Å². The number of rotatable bonds is 6. The normalized spacial score (nSPS) is 12.2. The molecule has 2 aromatic heterocycles. The SMILES string of the molecule is Cn1/c(=N\c2ccc(OC(F)(F)F)cc2)n(Cc2ccc(C(=O)Nc3nnn[nH]3)cc2)c2cc(Cl)cc(Cl)c21. The van der Waals surface area contributed by atoms with Crippen molar-refractivity contribution in [2.45, 2.75) is 12.9 Å². The Hall–Kier alpha value is -4.36. The van der Waals surface area contributed by atoms with Crippen molar-refractivity contribution in [2.75, 3.05) is 5.32 Å². The van der Waals surface area contributed by atoms with Gasteiger partial charge in [-0.25, -0.2) is 10.1 Å². The third kappa shape index (κ3) is 5.89. The van der Waals surface area contributed by atoms with E-state index in [-0.39, 0.29) is 11.7 Å². The van der Waals surface area contributed by atoms with Crippen LogP contribution in [0, 0.1) is 0 Å². The maximum atomic E-state index is 12.5. The predicted molar refractivity (Wildman–Crippen MR) is 137 cm³/mol. The second-order valence-electron chi connectivity index (χ2n) is 8.25. The van der Waals surface area contributed by atoms with Gasteiger partial charge in [0.15, 0.2) is 0 Å². The number of hydrogen-bond donors (Lipinski definition) is 2. The average molecular weight is 577 g/mol. The first-order valence-corrected chi connectivity index (χ1v) is 11.9. The summed E-state index contributed by atoms with van der Waals surface area (Å²) in [6.45, 7) is 0.316. The molecule has 200 valence electrons. The van der Waals surface area contributed by atoms with Crippen LogP contribution in [0.5, 0.6) is 5.75 Å². The Morgan fingerprint density at radius 2 is 1.82 bits per heavy atom. The second-order valence-corrected chi connectivity index (χ2v) is 9.10. The van der Waals surface area contributed by atoms with E-state index in [0.717, 1.165) is 5.56 Å². The van der Waals surface area contributed by atoms with Gasteiger partial charge in [-0.15, -0.1) is 13.2 Å². The van der Waals surface area contributed by atoms with Crippen LogP contribution >= 0.6 is 23.2 Å². The third-order valence-electron chi connectivity index (χ3n) is 5.61. The number of carbonyl (C=O) groups excluding carboxylic acids is 1. The van der Waals surface area contributed by atoms with E-state index in [0.29, 0.717) is 44.5 Å². The molecule has 0 spiro atoms. The van der Waals surface area contributed by atoms with Crippen molar-refractivity contribution in [3.8, 4) is 5.75 Å². The number of carbonyl (C=O) groups is 1. The number of anilines is 1. The molecule has 0 aliphatic rings. The molecule has 0 aliphatic carbocycles. The molecule has 10 nitrogen and oxygen atoms in total. The van der Waals surface area contributed by atoms with E-state index in [1.54, 1.807) is 48.0 Å². The van der Waals surface area contributed by atoms with Gasteiger partial charge in [-0.05, 0) is 64.5 Å². The molecule has 15 heteroatoms. The summed E-state index contributed by atoms with van der Waals surface area (Å²) in [4.78, 5) is 17.1. The summed E-state index contributed by atoms with van der Waals surface area (Å²) < 4.78 is 45.2. The van der Waals surface area contributed by atoms with Crippen LogP contribution in [0.2, 0.25) is 10.0 Å². The largest absolute Gasteiger partial charge is 0.573 e. The number of amides is 1. The van der Waals surface area contributed by atoms with E-state index in [1.807, 2.05) is 4.57 Å². The maximum Gasteiger partial charge on any atom is 0.573 e. The van der Waals surface area contributed by atoms with E-state index in [1.165, 1.54) is 24.3 Å². The minimum Gasteiger partial charge on any atom is -0.406 e. The molecule has 0 saturated heterocycles. The highest BCUT2D eigenvalue weighted by Gasteiger charge is 2.31. The number of H-pyrrole nitrogens is 1. The van der Waals surface area contributed by atoms with Crippen molar-refractivity contribution >= 4 is 51.8 Å². The van der Waals surface area contributed by atoms with Gasteiger partial charge >= 0.3 is 6.36 Å². The summed E-state index contributed by atoms with van der Waals surface area (Å²) in [5, 5.41) is 16.2. The molecule has 0 atom stereocenters. The lowest BCUT2D eigenvalue weighted by atomic mass is 10.1. The fourth-order valence-corrected chi connectivity index (χ4v) is 4.55. The van der Waals surface area contributed by atoms with Gasteiger partial charge in [-0.1, -0.05) is 40.4 Å². The first-order chi connectivity index (χ1) is 18.6. The number of nitrogens with one attached hydrogen (secondary N) is 2.